The Balaban J connectivity index is 1.41. The summed E-state index contributed by atoms with van der Waals surface area (Å²) in [5, 5.41) is 3.56. The van der Waals surface area contributed by atoms with Crippen LogP contribution in [0.4, 0.5) is 11.6 Å². The van der Waals surface area contributed by atoms with Crippen molar-refractivity contribution in [2.45, 2.75) is 6.04 Å². The number of hydrogen-bond acceptors (Lipinski definition) is 7. The number of carbonyl (C=O) groups excluding carboxylic acids is 1. The molecule has 0 radical (unpaired) electrons. The van der Waals surface area contributed by atoms with Gasteiger partial charge in [0.1, 0.15) is 17.3 Å². The SMILES string of the molecule is Nc1ncc(-c2ccncc2)cc1C(=O)c1cccc(N2CCNC(c3ccccc3)C2)n1. The third-order valence-electron chi connectivity index (χ3n) is 5.85. The van der Waals surface area contributed by atoms with E-state index in [1.807, 2.05) is 42.5 Å². The van der Waals surface area contributed by atoms with E-state index >= 15 is 0 Å². The lowest BCUT2D eigenvalue weighted by molar-refractivity contribution is 0.103. The van der Waals surface area contributed by atoms with Crippen LogP contribution in [-0.2, 0) is 0 Å². The summed E-state index contributed by atoms with van der Waals surface area (Å²) in [6.45, 7) is 2.43. The summed E-state index contributed by atoms with van der Waals surface area (Å²) in [5.41, 5.74) is 9.73. The highest BCUT2D eigenvalue weighted by molar-refractivity contribution is 6.11. The monoisotopic (exact) mass is 436 g/mol. The van der Waals surface area contributed by atoms with E-state index in [1.54, 1.807) is 30.7 Å². The number of anilines is 2. The van der Waals surface area contributed by atoms with Crippen molar-refractivity contribution < 1.29 is 4.79 Å². The molecule has 164 valence electrons. The van der Waals surface area contributed by atoms with Crippen molar-refractivity contribution >= 4 is 17.4 Å². The molecule has 0 amide bonds. The van der Waals surface area contributed by atoms with Gasteiger partial charge in [0.15, 0.2) is 0 Å². The molecular formula is C26H24N6O. The van der Waals surface area contributed by atoms with Gasteiger partial charge in [0, 0.05) is 49.8 Å². The van der Waals surface area contributed by atoms with Crippen molar-refractivity contribution in [3.63, 3.8) is 0 Å². The van der Waals surface area contributed by atoms with Crippen LogP contribution in [0.3, 0.4) is 0 Å². The van der Waals surface area contributed by atoms with Crippen molar-refractivity contribution in [2.24, 2.45) is 0 Å². The Labute approximate surface area is 192 Å². The van der Waals surface area contributed by atoms with Gasteiger partial charge >= 0.3 is 0 Å². The fraction of sp³-hybridized carbons (Fsp3) is 0.154. The van der Waals surface area contributed by atoms with E-state index in [0.29, 0.717) is 11.3 Å². The van der Waals surface area contributed by atoms with E-state index in [9.17, 15) is 4.79 Å². The second kappa shape index (κ2) is 9.18. The zero-order chi connectivity index (χ0) is 22.6. The average molecular weight is 437 g/mol. The molecule has 7 nitrogen and oxygen atoms in total. The van der Waals surface area contributed by atoms with Gasteiger partial charge in [-0.3, -0.25) is 9.78 Å². The first-order chi connectivity index (χ1) is 16.2. The summed E-state index contributed by atoms with van der Waals surface area (Å²) < 4.78 is 0. The highest BCUT2D eigenvalue weighted by atomic mass is 16.1. The number of nitrogens with zero attached hydrogens (tertiary/aromatic N) is 4. The standard InChI is InChI=1S/C26H24N6O/c27-26-21(15-20(16-30-26)18-9-11-28-12-10-18)25(33)22-7-4-8-24(31-22)32-14-13-29-23(17-32)19-5-2-1-3-6-19/h1-12,15-16,23,29H,13-14,17H2,(H2,27,30). The molecule has 1 aliphatic heterocycles. The number of hydrogen-bond donors (Lipinski definition) is 2. The van der Waals surface area contributed by atoms with Gasteiger partial charge in [-0.2, -0.15) is 0 Å². The maximum absolute atomic E-state index is 13.3. The van der Waals surface area contributed by atoms with E-state index in [2.05, 4.69) is 32.3 Å². The van der Waals surface area contributed by atoms with Gasteiger partial charge in [-0.05, 0) is 41.5 Å². The summed E-state index contributed by atoms with van der Waals surface area (Å²) in [7, 11) is 0. The predicted molar refractivity (Wildman–Crippen MR) is 129 cm³/mol. The summed E-state index contributed by atoms with van der Waals surface area (Å²) >= 11 is 0. The normalized spacial score (nSPS) is 15.9. The first kappa shape index (κ1) is 20.8. The maximum atomic E-state index is 13.3. The fourth-order valence-corrected chi connectivity index (χ4v) is 4.09. The van der Waals surface area contributed by atoms with Crippen LogP contribution in [0.5, 0.6) is 0 Å². The molecule has 1 atom stereocenters. The third kappa shape index (κ3) is 4.44. The molecule has 0 spiro atoms. The summed E-state index contributed by atoms with van der Waals surface area (Å²) in [4.78, 5) is 28.5. The number of nitrogens with two attached hydrogens (primary N) is 1. The van der Waals surface area contributed by atoms with Gasteiger partial charge in [-0.15, -0.1) is 0 Å². The summed E-state index contributed by atoms with van der Waals surface area (Å²) in [5.74, 6) is 0.726. The van der Waals surface area contributed by atoms with Crippen LogP contribution < -0.4 is 16.0 Å². The van der Waals surface area contributed by atoms with Gasteiger partial charge in [0.25, 0.3) is 0 Å². The quantitative estimate of drug-likeness (QED) is 0.462. The van der Waals surface area contributed by atoms with Crippen LogP contribution in [0.25, 0.3) is 11.1 Å². The van der Waals surface area contributed by atoms with Gasteiger partial charge in [0.2, 0.25) is 5.78 Å². The Hall–Kier alpha value is -4.10. The van der Waals surface area contributed by atoms with Gasteiger partial charge in [-0.1, -0.05) is 36.4 Å². The molecule has 3 aromatic heterocycles. The van der Waals surface area contributed by atoms with E-state index in [-0.39, 0.29) is 17.6 Å². The number of ketones is 1. The second-order valence-electron chi connectivity index (χ2n) is 7.97. The molecule has 1 aliphatic rings. The first-order valence-electron chi connectivity index (χ1n) is 10.9. The molecule has 0 bridgehead atoms. The smallest absolute Gasteiger partial charge is 0.215 e. The van der Waals surface area contributed by atoms with E-state index < -0.39 is 0 Å². The molecule has 7 heteroatoms. The van der Waals surface area contributed by atoms with Crippen molar-refractivity contribution in [2.75, 3.05) is 30.3 Å². The Kier molecular flexibility index (Phi) is 5.78. The molecule has 0 saturated carbocycles. The summed E-state index contributed by atoms with van der Waals surface area (Å²) in [6.07, 6.45) is 5.07. The molecule has 4 heterocycles. The largest absolute Gasteiger partial charge is 0.383 e. The van der Waals surface area contributed by atoms with Gasteiger partial charge < -0.3 is 16.0 Å². The molecule has 1 aromatic carbocycles. The second-order valence-corrected chi connectivity index (χ2v) is 7.97. The van der Waals surface area contributed by atoms with E-state index in [4.69, 9.17) is 10.7 Å². The third-order valence-corrected chi connectivity index (χ3v) is 5.85. The number of carbonyl (C=O) groups is 1. The highest BCUT2D eigenvalue weighted by Crippen LogP contribution is 2.25. The summed E-state index contributed by atoms with van der Waals surface area (Å²) in [6, 6.07) is 21.6. The minimum absolute atomic E-state index is 0.191. The van der Waals surface area contributed by atoms with Crippen LogP contribution in [0, 0.1) is 0 Å². The van der Waals surface area contributed by atoms with Gasteiger partial charge in [0.05, 0.1) is 5.56 Å². The molecule has 1 unspecified atom stereocenters. The molecule has 1 fully saturated rings. The lowest BCUT2D eigenvalue weighted by Gasteiger charge is -2.35. The lowest BCUT2D eigenvalue weighted by Crippen LogP contribution is -2.46. The molecule has 33 heavy (non-hydrogen) atoms. The number of rotatable bonds is 5. The number of aromatic nitrogens is 3. The lowest BCUT2D eigenvalue weighted by atomic mass is 10.0. The fourth-order valence-electron chi connectivity index (χ4n) is 4.09. The minimum atomic E-state index is -0.243. The van der Waals surface area contributed by atoms with E-state index in [1.165, 1.54) is 5.56 Å². The Morgan fingerprint density at radius 2 is 1.82 bits per heavy atom. The highest BCUT2D eigenvalue weighted by Gasteiger charge is 2.23. The number of benzene rings is 1. The Morgan fingerprint density at radius 3 is 2.64 bits per heavy atom. The molecule has 4 aromatic rings. The maximum Gasteiger partial charge on any atom is 0.215 e. The predicted octanol–water partition coefficient (Wildman–Crippen LogP) is 3.50. The molecule has 3 N–H and O–H groups in total. The minimum Gasteiger partial charge on any atom is -0.383 e. The van der Waals surface area contributed by atoms with Crippen LogP contribution in [-0.4, -0.2) is 40.4 Å². The number of pyridine rings is 3. The Bertz CT molecular complexity index is 1260. The number of nitrogen functional groups attached to an aromatic ring is 1. The van der Waals surface area contributed by atoms with Crippen molar-refractivity contribution in [3.05, 3.63) is 102 Å². The van der Waals surface area contributed by atoms with Crippen LogP contribution in [0.15, 0.2) is 85.3 Å². The zero-order valence-electron chi connectivity index (χ0n) is 18.1. The topological polar surface area (TPSA) is 97.0 Å². The van der Waals surface area contributed by atoms with Crippen LogP contribution >= 0.6 is 0 Å². The molecule has 1 saturated heterocycles. The van der Waals surface area contributed by atoms with E-state index in [0.717, 1.165) is 36.6 Å². The van der Waals surface area contributed by atoms with Crippen molar-refractivity contribution in [3.8, 4) is 11.1 Å². The first-order valence-corrected chi connectivity index (χ1v) is 10.9. The number of piperazine rings is 1. The van der Waals surface area contributed by atoms with Crippen molar-refractivity contribution in [1.82, 2.24) is 20.3 Å². The molecule has 0 aliphatic carbocycles. The van der Waals surface area contributed by atoms with Crippen LogP contribution in [0.2, 0.25) is 0 Å². The Morgan fingerprint density at radius 1 is 1.00 bits per heavy atom. The molecule has 5 rings (SSSR count). The number of nitrogens with one attached hydrogen (secondary N) is 1. The van der Waals surface area contributed by atoms with Crippen molar-refractivity contribution in [1.29, 1.82) is 0 Å². The zero-order valence-corrected chi connectivity index (χ0v) is 18.1. The molecular weight excluding hydrogens is 412 g/mol. The average Bonchev–Trinajstić information content (AvgIpc) is 2.90. The van der Waals surface area contributed by atoms with Crippen LogP contribution in [0.1, 0.15) is 27.7 Å². The van der Waals surface area contributed by atoms with Gasteiger partial charge in [-0.25, -0.2) is 9.97 Å².